The summed E-state index contributed by atoms with van der Waals surface area (Å²) in [7, 11) is 0. The number of benzene rings is 3. The lowest BCUT2D eigenvalue weighted by Gasteiger charge is -2.24. The summed E-state index contributed by atoms with van der Waals surface area (Å²) in [6.07, 6.45) is 0.329. The van der Waals surface area contributed by atoms with Crippen molar-refractivity contribution >= 4 is 17.7 Å². The van der Waals surface area contributed by atoms with Crippen LogP contribution >= 0.6 is 0 Å². The van der Waals surface area contributed by atoms with Gasteiger partial charge in [0, 0.05) is 18.0 Å². The number of rotatable bonds is 6. The molecule has 0 aliphatic carbocycles. The van der Waals surface area contributed by atoms with Gasteiger partial charge in [-0.3, -0.25) is 19.3 Å². The maximum absolute atomic E-state index is 13.7. The Hall–Kier alpha value is -3.80. The van der Waals surface area contributed by atoms with Gasteiger partial charge in [-0.25, -0.2) is 4.39 Å². The van der Waals surface area contributed by atoms with E-state index in [9.17, 15) is 18.8 Å². The minimum absolute atomic E-state index is 0.0488. The monoisotopic (exact) mass is 402 g/mol. The predicted octanol–water partition coefficient (Wildman–Crippen LogP) is 3.55. The molecule has 0 saturated heterocycles. The Morgan fingerprint density at radius 2 is 1.53 bits per heavy atom. The van der Waals surface area contributed by atoms with Crippen molar-refractivity contribution in [2.75, 3.05) is 6.54 Å². The van der Waals surface area contributed by atoms with E-state index in [0.717, 1.165) is 0 Å². The second-order valence-corrected chi connectivity index (χ2v) is 7.25. The van der Waals surface area contributed by atoms with E-state index in [4.69, 9.17) is 5.73 Å². The lowest BCUT2D eigenvalue weighted by atomic mass is 9.88. The molecule has 1 heterocycles. The first-order valence-corrected chi connectivity index (χ1v) is 9.54. The predicted molar refractivity (Wildman–Crippen MR) is 110 cm³/mol. The van der Waals surface area contributed by atoms with Crippen LogP contribution in [0.4, 0.5) is 4.39 Å². The largest absolute Gasteiger partial charge is 0.366 e. The van der Waals surface area contributed by atoms with Crippen molar-refractivity contribution in [1.29, 1.82) is 0 Å². The standard InChI is InChI=1S/C24H19FN2O3/c25-17-7-5-6-15(13-17)12-16(18-8-1-2-9-19(18)22(26)28)14-27-23(29)20-10-3-4-11-21(20)24(27)30/h1-11,13,16H,12,14H2,(H2,26,28)/t16-/m1/s1. The van der Waals surface area contributed by atoms with Crippen molar-refractivity contribution in [1.82, 2.24) is 4.90 Å². The zero-order chi connectivity index (χ0) is 21.3. The van der Waals surface area contributed by atoms with E-state index in [-0.39, 0.29) is 24.2 Å². The first-order valence-electron chi connectivity index (χ1n) is 9.54. The number of fused-ring (bicyclic) bond motifs is 1. The molecule has 3 amide bonds. The van der Waals surface area contributed by atoms with Crippen LogP contribution in [-0.2, 0) is 6.42 Å². The van der Waals surface area contributed by atoms with Crippen LogP contribution in [0.2, 0.25) is 0 Å². The van der Waals surface area contributed by atoms with E-state index in [1.54, 1.807) is 60.7 Å². The Kier molecular flexibility index (Phi) is 5.14. The number of hydrogen-bond acceptors (Lipinski definition) is 3. The highest BCUT2D eigenvalue weighted by Crippen LogP contribution is 2.30. The molecule has 3 aromatic carbocycles. The maximum atomic E-state index is 13.7. The maximum Gasteiger partial charge on any atom is 0.261 e. The molecule has 0 aromatic heterocycles. The van der Waals surface area contributed by atoms with Crippen LogP contribution in [0.3, 0.4) is 0 Å². The molecule has 0 spiro atoms. The fourth-order valence-corrected chi connectivity index (χ4v) is 3.92. The fraction of sp³-hybridized carbons (Fsp3) is 0.125. The van der Waals surface area contributed by atoms with Gasteiger partial charge < -0.3 is 5.73 Å². The summed E-state index contributed by atoms with van der Waals surface area (Å²) in [6, 6.07) is 19.6. The quantitative estimate of drug-likeness (QED) is 0.641. The average Bonchev–Trinajstić information content (AvgIpc) is 2.98. The molecule has 0 radical (unpaired) electrons. The first-order chi connectivity index (χ1) is 14.5. The Balaban J connectivity index is 1.72. The van der Waals surface area contributed by atoms with E-state index in [0.29, 0.717) is 34.2 Å². The number of imide groups is 1. The van der Waals surface area contributed by atoms with Gasteiger partial charge in [-0.1, -0.05) is 42.5 Å². The van der Waals surface area contributed by atoms with E-state index in [1.165, 1.54) is 17.0 Å². The molecule has 150 valence electrons. The van der Waals surface area contributed by atoms with Crippen molar-refractivity contribution in [2.45, 2.75) is 12.3 Å². The highest BCUT2D eigenvalue weighted by molar-refractivity contribution is 6.21. The summed E-state index contributed by atoms with van der Waals surface area (Å²) >= 11 is 0. The van der Waals surface area contributed by atoms with Gasteiger partial charge in [0.25, 0.3) is 11.8 Å². The Bertz CT molecular complexity index is 1120. The second kappa shape index (κ2) is 7.91. The molecular formula is C24H19FN2O3. The smallest absolute Gasteiger partial charge is 0.261 e. The number of nitrogens with zero attached hydrogens (tertiary/aromatic N) is 1. The van der Waals surface area contributed by atoms with Gasteiger partial charge in [0.15, 0.2) is 0 Å². The lowest BCUT2D eigenvalue weighted by Crippen LogP contribution is -2.35. The summed E-state index contributed by atoms with van der Waals surface area (Å²) < 4.78 is 13.7. The van der Waals surface area contributed by atoms with E-state index < -0.39 is 11.8 Å². The van der Waals surface area contributed by atoms with Crippen LogP contribution in [0.15, 0.2) is 72.8 Å². The van der Waals surface area contributed by atoms with Gasteiger partial charge in [0.2, 0.25) is 5.91 Å². The molecule has 1 aliphatic rings. The molecule has 0 bridgehead atoms. The summed E-state index contributed by atoms with van der Waals surface area (Å²) in [5.74, 6) is -2.17. The highest BCUT2D eigenvalue weighted by Gasteiger charge is 2.37. The molecule has 0 saturated carbocycles. The van der Waals surface area contributed by atoms with Crippen LogP contribution in [0.1, 0.15) is 48.1 Å². The van der Waals surface area contributed by atoms with Gasteiger partial charge in [0.05, 0.1) is 11.1 Å². The zero-order valence-corrected chi connectivity index (χ0v) is 16.0. The molecular weight excluding hydrogens is 383 g/mol. The van der Waals surface area contributed by atoms with Crippen molar-refractivity contribution in [3.63, 3.8) is 0 Å². The third-order valence-electron chi connectivity index (χ3n) is 5.32. The van der Waals surface area contributed by atoms with Gasteiger partial charge >= 0.3 is 0 Å². The number of primary amides is 1. The van der Waals surface area contributed by atoms with Crippen molar-refractivity contribution in [3.8, 4) is 0 Å². The topological polar surface area (TPSA) is 80.5 Å². The molecule has 0 unspecified atom stereocenters. The summed E-state index contributed by atoms with van der Waals surface area (Å²) in [5, 5.41) is 0. The molecule has 3 aromatic rings. The van der Waals surface area contributed by atoms with Gasteiger partial charge in [-0.05, 0) is 47.9 Å². The molecule has 30 heavy (non-hydrogen) atoms. The molecule has 4 rings (SSSR count). The lowest BCUT2D eigenvalue weighted by molar-refractivity contribution is 0.0644. The number of carbonyl (C=O) groups excluding carboxylic acids is 3. The van der Waals surface area contributed by atoms with Gasteiger partial charge in [-0.2, -0.15) is 0 Å². The summed E-state index contributed by atoms with van der Waals surface area (Å²) in [5.41, 5.74) is 7.89. The third kappa shape index (κ3) is 3.59. The van der Waals surface area contributed by atoms with Gasteiger partial charge in [0.1, 0.15) is 5.82 Å². The van der Waals surface area contributed by atoms with Crippen LogP contribution < -0.4 is 5.73 Å². The number of amides is 3. The van der Waals surface area contributed by atoms with Crippen LogP contribution in [0.5, 0.6) is 0 Å². The molecule has 1 aliphatic heterocycles. The molecule has 6 heteroatoms. The van der Waals surface area contributed by atoms with E-state index in [1.807, 2.05) is 0 Å². The first kappa shape index (κ1) is 19.5. The number of carbonyl (C=O) groups is 3. The Morgan fingerprint density at radius 3 is 2.17 bits per heavy atom. The molecule has 0 fully saturated rings. The van der Waals surface area contributed by atoms with Crippen LogP contribution in [-0.4, -0.2) is 29.2 Å². The fourth-order valence-electron chi connectivity index (χ4n) is 3.92. The minimum atomic E-state index is -0.600. The molecule has 5 nitrogen and oxygen atoms in total. The van der Waals surface area contributed by atoms with Gasteiger partial charge in [-0.15, -0.1) is 0 Å². The summed E-state index contributed by atoms with van der Waals surface area (Å²) in [6.45, 7) is 0.0488. The minimum Gasteiger partial charge on any atom is -0.366 e. The Labute approximate surface area is 172 Å². The number of hydrogen-bond donors (Lipinski definition) is 1. The molecule has 1 atom stereocenters. The average molecular weight is 402 g/mol. The highest BCUT2D eigenvalue weighted by atomic mass is 19.1. The van der Waals surface area contributed by atoms with Crippen molar-refractivity contribution < 1.29 is 18.8 Å². The zero-order valence-electron chi connectivity index (χ0n) is 16.0. The van der Waals surface area contributed by atoms with Crippen molar-refractivity contribution in [3.05, 3.63) is 106 Å². The normalized spacial score (nSPS) is 14.0. The van der Waals surface area contributed by atoms with Crippen LogP contribution in [0, 0.1) is 5.82 Å². The third-order valence-corrected chi connectivity index (χ3v) is 5.32. The number of halogens is 1. The van der Waals surface area contributed by atoms with Crippen molar-refractivity contribution in [2.24, 2.45) is 5.73 Å². The van der Waals surface area contributed by atoms with Crippen LogP contribution in [0.25, 0.3) is 0 Å². The molecule has 2 N–H and O–H groups in total. The number of nitrogens with two attached hydrogens (primary N) is 1. The van der Waals surface area contributed by atoms with E-state index >= 15 is 0 Å². The SMILES string of the molecule is NC(=O)c1ccccc1[C@H](Cc1cccc(F)c1)CN1C(=O)c2ccccc2C1=O. The summed E-state index contributed by atoms with van der Waals surface area (Å²) in [4.78, 5) is 38.9. The second-order valence-electron chi connectivity index (χ2n) is 7.25. The Morgan fingerprint density at radius 1 is 0.900 bits per heavy atom. The van der Waals surface area contributed by atoms with E-state index in [2.05, 4.69) is 0 Å².